The van der Waals surface area contributed by atoms with E-state index in [1.807, 2.05) is 13.8 Å². The number of rotatable bonds is 3. The summed E-state index contributed by atoms with van der Waals surface area (Å²) in [6.45, 7) is 3.81. The van der Waals surface area contributed by atoms with Crippen LogP contribution in [0.5, 0.6) is 11.6 Å². The van der Waals surface area contributed by atoms with Gasteiger partial charge in [-0.2, -0.15) is 23.3 Å². The Bertz CT molecular complexity index is 608. The Morgan fingerprint density at radius 3 is 2.55 bits per heavy atom. The first-order valence-electron chi connectivity index (χ1n) is 5.69. The van der Waals surface area contributed by atoms with E-state index in [0.717, 1.165) is 0 Å². The monoisotopic (exact) mass is 287 g/mol. The molecule has 0 saturated carbocycles. The first-order chi connectivity index (χ1) is 9.25. The minimum atomic E-state index is -4.61. The normalized spacial score (nSPS) is 11.9. The number of hydrogen-bond donors (Lipinski definition) is 1. The van der Waals surface area contributed by atoms with Crippen LogP contribution in [0.4, 0.5) is 19.1 Å². The first kappa shape index (κ1) is 14.1. The molecule has 0 aliphatic heterocycles. The van der Waals surface area contributed by atoms with E-state index in [1.165, 1.54) is 6.20 Å². The summed E-state index contributed by atoms with van der Waals surface area (Å²) in [5, 5.41) is 4.00. The Morgan fingerprint density at radius 2 is 2.00 bits per heavy atom. The lowest BCUT2D eigenvalue weighted by Gasteiger charge is -2.08. The predicted molar refractivity (Wildman–Crippen MR) is 64.1 cm³/mol. The van der Waals surface area contributed by atoms with Crippen LogP contribution in [0.3, 0.4) is 0 Å². The zero-order valence-corrected chi connectivity index (χ0v) is 10.7. The molecule has 2 aromatic rings. The average Bonchev–Trinajstić information content (AvgIpc) is 2.75. The van der Waals surface area contributed by atoms with Crippen molar-refractivity contribution in [1.82, 2.24) is 19.7 Å². The number of nitrogens with two attached hydrogens (primary N) is 1. The molecule has 0 spiro atoms. The van der Waals surface area contributed by atoms with E-state index in [0.29, 0.717) is 6.07 Å². The third kappa shape index (κ3) is 3.16. The quantitative estimate of drug-likeness (QED) is 0.938. The fourth-order valence-electron chi connectivity index (χ4n) is 1.42. The molecule has 0 unspecified atom stereocenters. The lowest BCUT2D eigenvalue weighted by Crippen LogP contribution is -2.11. The SMILES string of the molecule is CC(C)n1cc(Oc2cc(C(F)(F)F)nc(N)n2)cn1. The first-order valence-corrected chi connectivity index (χ1v) is 5.69. The molecule has 0 atom stereocenters. The van der Waals surface area contributed by atoms with Crippen molar-refractivity contribution >= 4 is 5.95 Å². The second-order valence-electron chi connectivity index (χ2n) is 4.30. The summed E-state index contributed by atoms with van der Waals surface area (Å²) in [6, 6.07) is 0.789. The summed E-state index contributed by atoms with van der Waals surface area (Å²) in [7, 11) is 0. The van der Waals surface area contributed by atoms with Gasteiger partial charge in [0.25, 0.3) is 0 Å². The fourth-order valence-corrected chi connectivity index (χ4v) is 1.42. The van der Waals surface area contributed by atoms with Gasteiger partial charge in [-0.15, -0.1) is 0 Å². The van der Waals surface area contributed by atoms with Crippen LogP contribution in [-0.4, -0.2) is 19.7 Å². The minimum absolute atomic E-state index is 0.105. The van der Waals surface area contributed by atoms with Crippen LogP contribution >= 0.6 is 0 Å². The molecule has 6 nitrogen and oxygen atoms in total. The van der Waals surface area contributed by atoms with E-state index in [2.05, 4.69) is 15.1 Å². The van der Waals surface area contributed by atoms with Crippen LogP contribution in [0, 0.1) is 0 Å². The predicted octanol–water partition coefficient (Wildman–Crippen LogP) is 2.65. The number of hydrogen-bond acceptors (Lipinski definition) is 5. The molecule has 0 bridgehead atoms. The van der Waals surface area contributed by atoms with Gasteiger partial charge in [-0.1, -0.05) is 0 Å². The van der Waals surface area contributed by atoms with Gasteiger partial charge in [0.15, 0.2) is 11.4 Å². The zero-order chi connectivity index (χ0) is 14.9. The molecule has 9 heteroatoms. The molecule has 2 rings (SSSR count). The molecule has 0 radical (unpaired) electrons. The van der Waals surface area contributed by atoms with Crippen LogP contribution in [-0.2, 0) is 6.18 Å². The van der Waals surface area contributed by atoms with E-state index in [9.17, 15) is 13.2 Å². The van der Waals surface area contributed by atoms with E-state index < -0.39 is 17.8 Å². The largest absolute Gasteiger partial charge is 0.436 e. The van der Waals surface area contributed by atoms with Crippen molar-refractivity contribution in [3.8, 4) is 11.6 Å². The van der Waals surface area contributed by atoms with Crippen LogP contribution in [0.25, 0.3) is 0 Å². The minimum Gasteiger partial charge on any atom is -0.436 e. The molecule has 0 saturated heterocycles. The standard InChI is InChI=1S/C11H12F3N5O/c1-6(2)19-5-7(4-16-19)20-9-3-8(11(12,13)14)17-10(15)18-9/h3-6H,1-2H3,(H2,15,17,18). The molecule has 0 fully saturated rings. The lowest BCUT2D eigenvalue weighted by molar-refractivity contribution is -0.141. The van der Waals surface area contributed by atoms with Crippen LogP contribution < -0.4 is 10.5 Å². The maximum Gasteiger partial charge on any atom is 0.433 e. The highest BCUT2D eigenvalue weighted by Gasteiger charge is 2.33. The van der Waals surface area contributed by atoms with Crippen molar-refractivity contribution in [2.24, 2.45) is 0 Å². The van der Waals surface area contributed by atoms with Crippen LogP contribution in [0.2, 0.25) is 0 Å². The summed E-state index contributed by atoms with van der Waals surface area (Å²) >= 11 is 0. The van der Waals surface area contributed by atoms with E-state index in [-0.39, 0.29) is 17.7 Å². The lowest BCUT2D eigenvalue weighted by atomic mass is 10.4. The Kier molecular flexibility index (Phi) is 3.51. The molecular weight excluding hydrogens is 275 g/mol. The fraction of sp³-hybridized carbons (Fsp3) is 0.364. The van der Waals surface area contributed by atoms with Gasteiger partial charge in [0.2, 0.25) is 11.8 Å². The summed E-state index contributed by atoms with van der Waals surface area (Å²) < 4.78 is 44.5. The van der Waals surface area contributed by atoms with Crippen molar-refractivity contribution in [3.05, 3.63) is 24.2 Å². The van der Waals surface area contributed by atoms with Gasteiger partial charge in [0, 0.05) is 12.1 Å². The summed E-state index contributed by atoms with van der Waals surface area (Å²) in [6.07, 6.45) is -1.68. The zero-order valence-electron chi connectivity index (χ0n) is 10.7. The molecule has 2 aromatic heterocycles. The van der Waals surface area contributed by atoms with Gasteiger partial charge < -0.3 is 10.5 Å². The molecule has 20 heavy (non-hydrogen) atoms. The van der Waals surface area contributed by atoms with Crippen LogP contribution in [0.15, 0.2) is 18.5 Å². The number of nitrogens with zero attached hydrogens (tertiary/aromatic N) is 4. The molecule has 108 valence electrons. The van der Waals surface area contributed by atoms with Crippen molar-refractivity contribution in [1.29, 1.82) is 0 Å². The van der Waals surface area contributed by atoms with E-state index in [4.69, 9.17) is 10.5 Å². The Labute approximate surface area is 112 Å². The van der Waals surface area contributed by atoms with Crippen molar-refractivity contribution in [3.63, 3.8) is 0 Å². The average molecular weight is 287 g/mol. The Balaban J connectivity index is 2.26. The van der Waals surface area contributed by atoms with Gasteiger partial charge in [0.1, 0.15) is 0 Å². The number of anilines is 1. The Morgan fingerprint density at radius 1 is 1.30 bits per heavy atom. The van der Waals surface area contributed by atoms with Crippen molar-refractivity contribution in [2.75, 3.05) is 5.73 Å². The third-order valence-electron chi connectivity index (χ3n) is 2.34. The maximum absolute atomic E-state index is 12.6. The molecule has 0 amide bonds. The van der Waals surface area contributed by atoms with Gasteiger partial charge >= 0.3 is 6.18 Å². The molecule has 2 heterocycles. The van der Waals surface area contributed by atoms with Gasteiger partial charge in [-0.3, -0.25) is 4.68 Å². The number of nitrogen functional groups attached to an aromatic ring is 1. The molecular formula is C11H12F3N5O. The highest BCUT2D eigenvalue weighted by atomic mass is 19.4. The summed E-state index contributed by atoms with van der Waals surface area (Å²) in [5.41, 5.74) is 4.08. The maximum atomic E-state index is 12.6. The highest BCUT2D eigenvalue weighted by molar-refractivity contribution is 5.30. The van der Waals surface area contributed by atoms with E-state index >= 15 is 0 Å². The number of halogens is 3. The van der Waals surface area contributed by atoms with Crippen molar-refractivity contribution in [2.45, 2.75) is 26.1 Å². The third-order valence-corrected chi connectivity index (χ3v) is 2.34. The summed E-state index contributed by atoms with van der Waals surface area (Å²) in [5.74, 6) is -0.524. The number of aromatic nitrogens is 4. The number of ether oxygens (including phenoxy) is 1. The molecule has 0 aliphatic rings. The van der Waals surface area contributed by atoms with Crippen molar-refractivity contribution < 1.29 is 17.9 Å². The second-order valence-corrected chi connectivity index (χ2v) is 4.30. The molecule has 0 aliphatic carbocycles. The van der Waals surface area contributed by atoms with E-state index in [1.54, 1.807) is 10.9 Å². The van der Waals surface area contributed by atoms with Gasteiger partial charge in [-0.25, -0.2) is 4.98 Å². The highest BCUT2D eigenvalue weighted by Crippen LogP contribution is 2.31. The summed E-state index contributed by atoms with van der Waals surface area (Å²) in [4.78, 5) is 6.73. The smallest absolute Gasteiger partial charge is 0.433 e. The molecule has 0 aromatic carbocycles. The van der Waals surface area contributed by atoms with Gasteiger partial charge in [0.05, 0.1) is 12.4 Å². The second kappa shape index (κ2) is 4.99. The topological polar surface area (TPSA) is 78.9 Å². The molecule has 2 N–H and O–H groups in total. The van der Waals surface area contributed by atoms with Crippen LogP contribution in [0.1, 0.15) is 25.6 Å². The number of alkyl halides is 3. The van der Waals surface area contributed by atoms with Gasteiger partial charge in [-0.05, 0) is 13.8 Å². The Hall–Kier alpha value is -2.32.